The Kier molecular flexibility index (Phi) is 3.88. The number of nitrogens with zero attached hydrogens (tertiary/aromatic N) is 1. The van der Waals surface area contributed by atoms with E-state index >= 15 is 0 Å². The van der Waals surface area contributed by atoms with Crippen LogP contribution in [0.2, 0.25) is 0 Å². The lowest BCUT2D eigenvalue weighted by Gasteiger charge is -2.10. The second-order valence-electron chi connectivity index (χ2n) is 4.49. The number of furan rings is 1. The van der Waals surface area contributed by atoms with Crippen LogP contribution < -0.4 is 4.72 Å². The summed E-state index contributed by atoms with van der Waals surface area (Å²) < 4.78 is 37.0. The summed E-state index contributed by atoms with van der Waals surface area (Å²) in [7, 11) is -3.95. The number of oxazole rings is 1. The van der Waals surface area contributed by atoms with Gasteiger partial charge in [-0.2, -0.15) is 4.72 Å². The number of carboxylic acid groups (broad SMARTS) is 1. The van der Waals surface area contributed by atoms with Crippen LogP contribution in [0.1, 0.15) is 40.9 Å². The summed E-state index contributed by atoms with van der Waals surface area (Å²) in [4.78, 5) is 14.5. The fraction of sp³-hybridized carbons (Fsp3) is 0.333. The number of sulfonamides is 1. The van der Waals surface area contributed by atoms with Gasteiger partial charge in [0.1, 0.15) is 16.4 Å². The Morgan fingerprint density at radius 2 is 2.05 bits per heavy atom. The van der Waals surface area contributed by atoms with Crippen molar-refractivity contribution < 1.29 is 27.2 Å². The monoisotopic (exact) mass is 314 g/mol. The quantitative estimate of drug-likeness (QED) is 0.859. The van der Waals surface area contributed by atoms with Gasteiger partial charge in [0.15, 0.2) is 0 Å². The van der Waals surface area contributed by atoms with E-state index in [4.69, 9.17) is 13.9 Å². The van der Waals surface area contributed by atoms with Crippen molar-refractivity contribution >= 4 is 16.0 Å². The molecule has 0 aromatic carbocycles. The third-order valence-corrected chi connectivity index (χ3v) is 4.36. The fourth-order valence-corrected chi connectivity index (χ4v) is 3.13. The van der Waals surface area contributed by atoms with Gasteiger partial charge in [0.25, 0.3) is 0 Å². The number of carbonyl (C=O) groups is 1. The minimum atomic E-state index is -3.95. The number of carboxylic acids is 1. The van der Waals surface area contributed by atoms with Crippen LogP contribution in [0.5, 0.6) is 0 Å². The summed E-state index contributed by atoms with van der Waals surface area (Å²) in [6, 6.07) is 0.263. The highest BCUT2D eigenvalue weighted by molar-refractivity contribution is 7.89. The molecule has 0 saturated heterocycles. The van der Waals surface area contributed by atoms with Crippen molar-refractivity contribution in [3.05, 3.63) is 35.4 Å². The molecule has 2 heterocycles. The first kappa shape index (κ1) is 15.3. The van der Waals surface area contributed by atoms with Crippen LogP contribution in [-0.2, 0) is 10.0 Å². The lowest BCUT2D eigenvalue weighted by Crippen LogP contribution is -2.27. The zero-order valence-corrected chi connectivity index (χ0v) is 12.4. The third-order valence-electron chi connectivity index (χ3n) is 2.71. The highest BCUT2D eigenvalue weighted by atomic mass is 32.2. The maximum atomic E-state index is 12.2. The van der Waals surface area contributed by atoms with E-state index in [9.17, 15) is 13.2 Å². The second kappa shape index (κ2) is 5.34. The SMILES string of the molecule is Cc1cnc(C(C)NS(=O)(=O)c2cc(C(=O)O)oc2C)o1. The van der Waals surface area contributed by atoms with Gasteiger partial charge in [0.05, 0.1) is 12.2 Å². The molecule has 114 valence electrons. The average molecular weight is 314 g/mol. The number of nitrogens with one attached hydrogen (secondary N) is 1. The molecule has 2 aromatic rings. The molecule has 9 heteroatoms. The summed E-state index contributed by atoms with van der Waals surface area (Å²) in [6.45, 7) is 4.63. The van der Waals surface area contributed by atoms with E-state index in [1.165, 1.54) is 13.1 Å². The molecule has 0 aliphatic heterocycles. The van der Waals surface area contributed by atoms with Crippen LogP contribution in [0, 0.1) is 13.8 Å². The largest absolute Gasteiger partial charge is 0.475 e. The predicted molar refractivity (Wildman–Crippen MR) is 70.4 cm³/mol. The molecular weight excluding hydrogens is 300 g/mol. The number of aromatic nitrogens is 1. The van der Waals surface area contributed by atoms with Crippen LogP contribution in [0.15, 0.2) is 26.0 Å². The number of hydrogen-bond acceptors (Lipinski definition) is 6. The second-order valence-corrected chi connectivity index (χ2v) is 6.17. The molecule has 2 N–H and O–H groups in total. The summed E-state index contributed by atoms with van der Waals surface area (Å²) in [5.74, 6) is -1.00. The van der Waals surface area contributed by atoms with E-state index in [1.54, 1.807) is 13.8 Å². The topological polar surface area (TPSA) is 123 Å². The third kappa shape index (κ3) is 3.14. The molecule has 0 spiro atoms. The Bertz CT molecular complexity index is 774. The highest BCUT2D eigenvalue weighted by Gasteiger charge is 2.27. The standard InChI is InChI=1S/C12H14N2O6S/c1-6-5-13-11(19-6)7(2)14-21(17,18)10-4-9(12(15)16)20-8(10)3/h4-5,7,14H,1-3H3,(H,15,16). The molecule has 0 aliphatic rings. The number of aryl methyl sites for hydroxylation is 2. The van der Waals surface area contributed by atoms with Crippen LogP contribution in [0.25, 0.3) is 0 Å². The summed E-state index contributed by atoms with van der Waals surface area (Å²) >= 11 is 0. The van der Waals surface area contributed by atoms with Crippen molar-refractivity contribution in [3.8, 4) is 0 Å². The van der Waals surface area contributed by atoms with Crippen LogP contribution in [0.4, 0.5) is 0 Å². The molecule has 0 fully saturated rings. The Hall–Kier alpha value is -2.13. The molecule has 0 aliphatic carbocycles. The van der Waals surface area contributed by atoms with Crippen molar-refractivity contribution in [2.24, 2.45) is 0 Å². The van der Waals surface area contributed by atoms with E-state index in [2.05, 4.69) is 9.71 Å². The molecule has 0 radical (unpaired) electrons. The highest BCUT2D eigenvalue weighted by Crippen LogP contribution is 2.22. The minimum Gasteiger partial charge on any atom is -0.475 e. The summed E-state index contributed by atoms with van der Waals surface area (Å²) in [5, 5.41) is 8.82. The van der Waals surface area contributed by atoms with Crippen LogP contribution in [0.3, 0.4) is 0 Å². The van der Waals surface area contributed by atoms with Crippen molar-refractivity contribution in [2.45, 2.75) is 31.7 Å². The first-order valence-electron chi connectivity index (χ1n) is 5.99. The van der Waals surface area contributed by atoms with E-state index < -0.39 is 27.8 Å². The summed E-state index contributed by atoms with van der Waals surface area (Å²) in [6.07, 6.45) is 1.48. The predicted octanol–water partition coefficient (Wildman–Crippen LogP) is 1.62. The lowest BCUT2D eigenvalue weighted by atomic mass is 10.4. The zero-order valence-electron chi connectivity index (χ0n) is 11.6. The fourth-order valence-electron chi connectivity index (χ4n) is 1.76. The van der Waals surface area contributed by atoms with E-state index in [1.807, 2.05) is 0 Å². The van der Waals surface area contributed by atoms with Crippen molar-refractivity contribution in [3.63, 3.8) is 0 Å². The zero-order chi connectivity index (χ0) is 15.8. The molecule has 21 heavy (non-hydrogen) atoms. The van der Waals surface area contributed by atoms with Gasteiger partial charge in [-0.25, -0.2) is 18.2 Å². The number of aromatic carboxylic acids is 1. The van der Waals surface area contributed by atoms with E-state index in [0.29, 0.717) is 5.76 Å². The van der Waals surface area contributed by atoms with Gasteiger partial charge in [-0.15, -0.1) is 0 Å². The summed E-state index contributed by atoms with van der Waals surface area (Å²) in [5.41, 5.74) is 0. The Balaban J connectivity index is 2.28. The molecule has 0 amide bonds. The van der Waals surface area contributed by atoms with Gasteiger partial charge >= 0.3 is 5.97 Å². The molecule has 8 nitrogen and oxygen atoms in total. The maximum Gasteiger partial charge on any atom is 0.371 e. The Morgan fingerprint density at radius 3 is 2.52 bits per heavy atom. The van der Waals surface area contributed by atoms with Crippen LogP contribution in [-0.4, -0.2) is 24.5 Å². The Labute approximate surface area is 120 Å². The Morgan fingerprint density at radius 1 is 1.38 bits per heavy atom. The molecule has 2 rings (SSSR count). The van der Waals surface area contributed by atoms with Gasteiger partial charge in [-0.1, -0.05) is 0 Å². The first-order valence-corrected chi connectivity index (χ1v) is 7.47. The number of hydrogen-bond donors (Lipinski definition) is 2. The molecule has 1 unspecified atom stereocenters. The van der Waals surface area contributed by atoms with Gasteiger partial charge in [-0.3, -0.25) is 0 Å². The smallest absolute Gasteiger partial charge is 0.371 e. The van der Waals surface area contributed by atoms with E-state index in [-0.39, 0.29) is 16.5 Å². The average Bonchev–Trinajstić information content (AvgIpc) is 2.95. The molecule has 1 atom stereocenters. The first-order chi connectivity index (χ1) is 9.70. The van der Waals surface area contributed by atoms with Crippen molar-refractivity contribution in [1.29, 1.82) is 0 Å². The van der Waals surface area contributed by atoms with Crippen molar-refractivity contribution in [1.82, 2.24) is 9.71 Å². The molecule has 0 saturated carbocycles. The van der Waals surface area contributed by atoms with Gasteiger partial charge in [-0.05, 0) is 20.8 Å². The van der Waals surface area contributed by atoms with Gasteiger partial charge in [0.2, 0.25) is 21.7 Å². The normalized spacial score (nSPS) is 13.3. The maximum absolute atomic E-state index is 12.2. The minimum absolute atomic E-state index is 0.00400. The molecule has 2 aromatic heterocycles. The van der Waals surface area contributed by atoms with Crippen molar-refractivity contribution in [2.75, 3.05) is 0 Å². The number of rotatable bonds is 5. The molecular formula is C12H14N2O6S. The lowest BCUT2D eigenvalue weighted by molar-refractivity contribution is 0.0661. The molecule has 0 bridgehead atoms. The van der Waals surface area contributed by atoms with E-state index in [0.717, 1.165) is 6.07 Å². The van der Waals surface area contributed by atoms with Gasteiger partial charge < -0.3 is 13.9 Å². The van der Waals surface area contributed by atoms with Crippen LogP contribution >= 0.6 is 0 Å². The van der Waals surface area contributed by atoms with Gasteiger partial charge in [0, 0.05) is 6.07 Å².